The molecule has 4 rings (SSSR count). The second kappa shape index (κ2) is 7.46. The molecule has 28 heavy (non-hydrogen) atoms. The average molecular weight is 407 g/mol. The summed E-state index contributed by atoms with van der Waals surface area (Å²) < 4.78 is 0. The smallest absolute Gasteiger partial charge is 0.258 e. The van der Waals surface area contributed by atoms with E-state index in [1.54, 1.807) is 36.4 Å². The molecule has 0 aromatic heterocycles. The number of hydrogen-bond acceptors (Lipinski definition) is 3. The Bertz CT molecular complexity index is 1240. The maximum Gasteiger partial charge on any atom is 0.258 e. The standard InChI is InChI=1S/C22H15ClN2O2S/c23-18-10-2-5-13-14(18)6-1-9-17(13)21(27)25-22(28)24-19-11-3-8-16-15(19)7-4-12-20(16)26/h1-12,26H,(H2,24,25,27,28). The second-order valence-corrected chi connectivity index (χ2v) is 7.04. The van der Waals surface area contributed by atoms with Gasteiger partial charge in [0.2, 0.25) is 0 Å². The number of fused-ring (bicyclic) bond motifs is 2. The van der Waals surface area contributed by atoms with Gasteiger partial charge in [-0.05, 0) is 41.9 Å². The molecule has 0 fully saturated rings. The Labute approximate surface area is 171 Å². The quantitative estimate of drug-likeness (QED) is 0.386. The van der Waals surface area contributed by atoms with Gasteiger partial charge in [-0.15, -0.1) is 0 Å². The van der Waals surface area contributed by atoms with Crippen LogP contribution in [0.2, 0.25) is 5.02 Å². The van der Waals surface area contributed by atoms with Crippen molar-refractivity contribution in [3.05, 3.63) is 83.4 Å². The summed E-state index contributed by atoms with van der Waals surface area (Å²) in [6.45, 7) is 0. The van der Waals surface area contributed by atoms with Crippen molar-refractivity contribution in [2.75, 3.05) is 5.32 Å². The van der Waals surface area contributed by atoms with Crippen LogP contribution in [0.25, 0.3) is 21.5 Å². The minimum atomic E-state index is -0.326. The molecule has 0 spiro atoms. The molecule has 0 aliphatic carbocycles. The van der Waals surface area contributed by atoms with Gasteiger partial charge < -0.3 is 10.4 Å². The fourth-order valence-electron chi connectivity index (χ4n) is 3.20. The summed E-state index contributed by atoms with van der Waals surface area (Å²) in [6, 6.07) is 21.5. The molecule has 0 aliphatic heterocycles. The van der Waals surface area contributed by atoms with Crippen LogP contribution in [-0.2, 0) is 0 Å². The lowest BCUT2D eigenvalue weighted by Gasteiger charge is -2.13. The summed E-state index contributed by atoms with van der Waals surface area (Å²) in [7, 11) is 0. The first-order valence-corrected chi connectivity index (χ1v) is 9.33. The molecule has 4 aromatic carbocycles. The van der Waals surface area contributed by atoms with Crippen LogP contribution in [0.4, 0.5) is 5.69 Å². The van der Waals surface area contributed by atoms with Gasteiger partial charge in [-0.2, -0.15) is 0 Å². The number of benzene rings is 4. The van der Waals surface area contributed by atoms with Crippen molar-refractivity contribution >= 4 is 62.1 Å². The van der Waals surface area contributed by atoms with E-state index < -0.39 is 0 Å². The normalized spacial score (nSPS) is 10.8. The van der Waals surface area contributed by atoms with E-state index in [9.17, 15) is 9.90 Å². The number of amides is 1. The number of carbonyl (C=O) groups is 1. The molecule has 0 saturated carbocycles. The first-order valence-electron chi connectivity index (χ1n) is 8.55. The van der Waals surface area contributed by atoms with E-state index in [0.29, 0.717) is 21.7 Å². The molecule has 4 nitrogen and oxygen atoms in total. The molecule has 3 N–H and O–H groups in total. The monoisotopic (exact) mass is 406 g/mol. The number of rotatable bonds is 2. The Morgan fingerprint density at radius 3 is 2.32 bits per heavy atom. The van der Waals surface area contributed by atoms with Crippen LogP contribution < -0.4 is 10.6 Å². The summed E-state index contributed by atoms with van der Waals surface area (Å²) in [5.41, 5.74) is 1.18. The van der Waals surface area contributed by atoms with Gasteiger partial charge in [-0.1, -0.05) is 60.1 Å². The highest BCUT2D eigenvalue weighted by Gasteiger charge is 2.13. The van der Waals surface area contributed by atoms with Crippen LogP contribution >= 0.6 is 23.8 Å². The highest BCUT2D eigenvalue weighted by Crippen LogP contribution is 2.30. The molecule has 0 radical (unpaired) electrons. The minimum Gasteiger partial charge on any atom is -0.507 e. The molecule has 0 atom stereocenters. The molecule has 6 heteroatoms. The van der Waals surface area contributed by atoms with E-state index >= 15 is 0 Å². The lowest BCUT2D eigenvalue weighted by atomic mass is 10.0. The zero-order chi connectivity index (χ0) is 19.7. The molecule has 138 valence electrons. The molecule has 0 unspecified atom stereocenters. The number of halogens is 1. The van der Waals surface area contributed by atoms with E-state index in [0.717, 1.165) is 16.2 Å². The fraction of sp³-hybridized carbons (Fsp3) is 0. The molecule has 4 aromatic rings. The van der Waals surface area contributed by atoms with Crippen LogP contribution in [0, 0.1) is 0 Å². The number of aromatic hydroxyl groups is 1. The van der Waals surface area contributed by atoms with Crippen molar-refractivity contribution in [3.8, 4) is 5.75 Å². The maximum absolute atomic E-state index is 12.8. The lowest BCUT2D eigenvalue weighted by Crippen LogP contribution is -2.34. The van der Waals surface area contributed by atoms with Crippen LogP contribution in [-0.4, -0.2) is 16.1 Å². The SMILES string of the molecule is O=C(NC(=S)Nc1cccc2c(O)cccc12)c1cccc2c(Cl)cccc12. The zero-order valence-electron chi connectivity index (χ0n) is 14.6. The highest BCUT2D eigenvalue weighted by molar-refractivity contribution is 7.80. The van der Waals surface area contributed by atoms with Gasteiger partial charge in [0.05, 0.1) is 0 Å². The minimum absolute atomic E-state index is 0.167. The van der Waals surface area contributed by atoms with Gasteiger partial charge in [0, 0.05) is 32.4 Å². The molecule has 0 heterocycles. The molecular formula is C22H15ClN2O2S. The van der Waals surface area contributed by atoms with Crippen LogP contribution in [0.1, 0.15) is 10.4 Å². The first-order chi connectivity index (χ1) is 13.5. The van der Waals surface area contributed by atoms with Gasteiger partial charge >= 0.3 is 0 Å². The van der Waals surface area contributed by atoms with Crippen molar-refractivity contribution in [1.82, 2.24) is 5.32 Å². The molecule has 0 aliphatic rings. The lowest BCUT2D eigenvalue weighted by molar-refractivity contribution is 0.0979. The van der Waals surface area contributed by atoms with Crippen molar-refractivity contribution < 1.29 is 9.90 Å². The summed E-state index contributed by atoms with van der Waals surface area (Å²) in [5.74, 6) is -0.141. The van der Waals surface area contributed by atoms with Crippen LogP contribution in [0.5, 0.6) is 5.75 Å². The molecule has 0 saturated heterocycles. The van der Waals surface area contributed by atoms with Crippen LogP contribution in [0.3, 0.4) is 0 Å². The Balaban J connectivity index is 1.59. The summed E-state index contributed by atoms with van der Waals surface area (Å²) in [5, 5.41) is 19.6. The van der Waals surface area contributed by atoms with Gasteiger partial charge in [-0.25, -0.2) is 0 Å². The van der Waals surface area contributed by atoms with Gasteiger partial charge in [0.15, 0.2) is 5.11 Å². The average Bonchev–Trinajstić information content (AvgIpc) is 2.68. The maximum atomic E-state index is 12.8. The van der Waals surface area contributed by atoms with Gasteiger partial charge in [-0.3, -0.25) is 10.1 Å². The van der Waals surface area contributed by atoms with Crippen molar-refractivity contribution in [2.45, 2.75) is 0 Å². The Hall–Kier alpha value is -3.15. The van der Waals surface area contributed by atoms with Crippen molar-refractivity contribution in [3.63, 3.8) is 0 Å². The van der Waals surface area contributed by atoms with E-state index in [2.05, 4.69) is 10.6 Å². The highest BCUT2D eigenvalue weighted by atomic mass is 35.5. The van der Waals surface area contributed by atoms with Crippen molar-refractivity contribution in [1.29, 1.82) is 0 Å². The van der Waals surface area contributed by atoms with E-state index in [1.807, 2.05) is 36.4 Å². The third-order valence-corrected chi connectivity index (χ3v) is 5.02. The van der Waals surface area contributed by atoms with E-state index in [1.165, 1.54) is 0 Å². The van der Waals surface area contributed by atoms with E-state index in [-0.39, 0.29) is 16.8 Å². The largest absolute Gasteiger partial charge is 0.507 e. The fourth-order valence-corrected chi connectivity index (χ4v) is 3.64. The number of carbonyl (C=O) groups excluding carboxylic acids is 1. The third-order valence-electron chi connectivity index (χ3n) is 4.49. The topological polar surface area (TPSA) is 61.4 Å². The summed E-state index contributed by atoms with van der Waals surface area (Å²) in [4.78, 5) is 12.8. The Kier molecular flexibility index (Phi) is 4.86. The zero-order valence-corrected chi connectivity index (χ0v) is 16.1. The Morgan fingerprint density at radius 2 is 1.46 bits per heavy atom. The van der Waals surface area contributed by atoms with Crippen molar-refractivity contribution in [2.24, 2.45) is 0 Å². The number of hydrogen-bond donors (Lipinski definition) is 3. The number of anilines is 1. The number of phenols is 1. The third kappa shape index (κ3) is 3.38. The number of nitrogens with one attached hydrogen (secondary N) is 2. The summed E-state index contributed by atoms with van der Waals surface area (Å²) in [6.07, 6.45) is 0. The number of phenolic OH excluding ortho intramolecular Hbond substituents is 1. The van der Waals surface area contributed by atoms with E-state index in [4.69, 9.17) is 23.8 Å². The molecule has 1 amide bonds. The number of thiocarbonyl (C=S) groups is 1. The predicted octanol–water partition coefficient (Wildman–Crippen LogP) is 5.48. The predicted molar refractivity (Wildman–Crippen MR) is 118 cm³/mol. The molecule has 0 bridgehead atoms. The van der Waals surface area contributed by atoms with Crippen LogP contribution in [0.15, 0.2) is 72.8 Å². The molecular weight excluding hydrogens is 392 g/mol. The van der Waals surface area contributed by atoms with Gasteiger partial charge in [0.1, 0.15) is 5.75 Å². The summed E-state index contributed by atoms with van der Waals surface area (Å²) >= 11 is 11.5. The second-order valence-electron chi connectivity index (χ2n) is 6.23. The first kappa shape index (κ1) is 18.2. The Morgan fingerprint density at radius 1 is 0.821 bits per heavy atom. The van der Waals surface area contributed by atoms with Gasteiger partial charge in [0.25, 0.3) is 5.91 Å².